The summed E-state index contributed by atoms with van der Waals surface area (Å²) in [5.74, 6) is -0.228. The molecule has 0 aliphatic carbocycles. The van der Waals surface area contributed by atoms with E-state index >= 15 is 0 Å². The third-order valence-electron chi connectivity index (χ3n) is 3.25. The van der Waals surface area contributed by atoms with Crippen molar-refractivity contribution in [3.63, 3.8) is 0 Å². The predicted molar refractivity (Wildman–Crippen MR) is 68.8 cm³/mol. The van der Waals surface area contributed by atoms with Crippen LogP contribution in [-0.2, 0) is 6.54 Å². The molecule has 1 aromatic carbocycles. The summed E-state index contributed by atoms with van der Waals surface area (Å²) >= 11 is 5.99. The number of halogens is 2. The summed E-state index contributed by atoms with van der Waals surface area (Å²) in [6.07, 6.45) is 2.34. The molecule has 2 nitrogen and oxygen atoms in total. The Labute approximate surface area is 107 Å². The van der Waals surface area contributed by atoms with Crippen molar-refractivity contribution in [1.29, 1.82) is 0 Å². The fraction of sp³-hybridized carbons (Fsp3) is 0.538. The van der Waals surface area contributed by atoms with Gasteiger partial charge in [0.15, 0.2) is 0 Å². The van der Waals surface area contributed by atoms with Gasteiger partial charge in [0.2, 0.25) is 0 Å². The molecule has 1 atom stereocenters. The molecule has 1 fully saturated rings. The van der Waals surface area contributed by atoms with Crippen LogP contribution in [0.1, 0.15) is 18.4 Å². The second-order valence-corrected chi connectivity index (χ2v) is 5.09. The minimum absolute atomic E-state index is 0.228. The maximum atomic E-state index is 13.5. The van der Waals surface area contributed by atoms with Gasteiger partial charge in [-0.2, -0.15) is 0 Å². The Morgan fingerprint density at radius 1 is 1.53 bits per heavy atom. The second-order valence-electron chi connectivity index (χ2n) is 4.68. The lowest BCUT2D eigenvalue weighted by atomic mass is 10.1. The van der Waals surface area contributed by atoms with Gasteiger partial charge < -0.3 is 10.2 Å². The average Bonchev–Trinajstić information content (AvgIpc) is 2.28. The molecule has 0 aromatic heterocycles. The lowest BCUT2D eigenvalue weighted by molar-refractivity contribution is 0.226. The van der Waals surface area contributed by atoms with Crippen molar-refractivity contribution < 1.29 is 4.39 Å². The van der Waals surface area contributed by atoms with Gasteiger partial charge in [0, 0.05) is 29.7 Å². The fourth-order valence-corrected chi connectivity index (χ4v) is 2.51. The van der Waals surface area contributed by atoms with Crippen LogP contribution in [0.4, 0.5) is 4.39 Å². The van der Waals surface area contributed by atoms with Gasteiger partial charge in [-0.1, -0.05) is 17.7 Å². The summed E-state index contributed by atoms with van der Waals surface area (Å²) < 4.78 is 13.5. The van der Waals surface area contributed by atoms with Gasteiger partial charge in [-0.25, -0.2) is 4.39 Å². The largest absolute Gasteiger partial charge is 0.308 e. The molecule has 0 spiro atoms. The summed E-state index contributed by atoms with van der Waals surface area (Å²) in [4.78, 5) is 2.30. The predicted octanol–water partition coefficient (Wildman–Crippen LogP) is 2.66. The third-order valence-corrected chi connectivity index (χ3v) is 3.61. The van der Waals surface area contributed by atoms with Gasteiger partial charge >= 0.3 is 0 Å². The number of rotatable bonds is 3. The first-order valence-corrected chi connectivity index (χ1v) is 6.39. The quantitative estimate of drug-likeness (QED) is 0.895. The lowest BCUT2D eigenvalue weighted by Gasteiger charge is -2.30. The van der Waals surface area contributed by atoms with Gasteiger partial charge in [-0.3, -0.25) is 0 Å². The zero-order valence-corrected chi connectivity index (χ0v) is 10.8. The van der Waals surface area contributed by atoms with Gasteiger partial charge in [0.05, 0.1) is 0 Å². The van der Waals surface area contributed by atoms with Crippen molar-refractivity contribution in [2.24, 2.45) is 0 Å². The summed E-state index contributed by atoms with van der Waals surface area (Å²) in [5.41, 5.74) is 0.572. The molecule has 1 aliphatic heterocycles. The zero-order chi connectivity index (χ0) is 12.3. The topological polar surface area (TPSA) is 15.3 Å². The molecule has 1 heterocycles. The van der Waals surface area contributed by atoms with Crippen LogP contribution < -0.4 is 5.32 Å². The highest BCUT2D eigenvalue weighted by Gasteiger charge is 2.17. The standard InChI is InChI=1S/C13H18ClFN2/c1-17-7-3-4-10(9-17)16-8-11-12(14)5-2-6-13(11)15/h2,5-6,10,16H,3-4,7-9H2,1H3. The summed E-state index contributed by atoms with van der Waals surface area (Å²) in [5, 5.41) is 3.89. The van der Waals surface area contributed by atoms with Crippen molar-refractivity contribution in [2.45, 2.75) is 25.4 Å². The van der Waals surface area contributed by atoms with E-state index in [1.54, 1.807) is 12.1 Å². The molecule has 94 valence electrons. The highest BCUT2D eigenvalue weighted by Crippen LogP contribution is 2.19. The first kappa shape index (κ1) is 12.8. The van der Waals surface area contributed by atoms with Gasteiger partial charge in [0.25, 0.3) is 0 Å². The molecule has 0 saturated carbocycles. The Bertz CT molecular complexity index is 363. The highest BCUT2D eigenvalue weighted by atomic mass is 35.5. The number of nitrogens with zero attached hydrogens (tertiary/aromatic N) is 1. The third kappa shape index (κ3) is 3.41. The SMILES string of the molecule is CN1CCCC(NCc2c(F)cccc2Cl)C1. The van der Waals surface area contributed by atoms with Crippen LogP contribution in [0.3, 0.4) is 0 Å². The molecule has 1 unspecified atom stereocenters. The molecule has 2 rings (SSSR count). The minimum Gasteiger partial charge on any atom is -0.308 e. The van der Waals surface area contributed by atoms with E-state index < -0.39 is 0 Å². The molecule has 1 N–H and O–H groups in total. The van der Waals surface area contributed by atoms with Crippen molar-refractivity contribution in [3.05, 3.63) is 34.6 Å². The monoisotopic (exact) mass is 256 g/mol. The molecule has 0 amide bonds. The Kier molecular flexibility index (Phi) is 4.37. The maximum absolute atomic E-state index is 13.5. The highest BCUT2D eigenvalue weighted by molar-refractivity contribution is 6.31. The minimum atomic E-state index is -0.228. The number of nitrogens with one attached hydrogen (secondary N) is 1. The molecule has 1 aliphatic rings. The lowest BCUT2D eigenvalue weighted by Crippen LogP contribution is -2.43. The van der Waals surface area contributed by atoms with E-state index in [0.29, 0.717) is 23.2 Å². The van der Waals surface area contributed by atoms with Crippen molar-refractivity contribution >= 4 is 11.6 Å². The van der Waals surface area contributed by atoms with Crippen LogP contribution in [0.5, 0.6) is 0 Å². The molecular weight excluding hydrogens is 239 g/mol. The molecule has 1 saturated heterocycles. The van der Waals surface area contributed by atoms with E-state index in [9.17, 15) is 4.39 Å². The molecular formula is C13H18ClFN2. The Morgan fingerprint density at radius 3 is 3.06 bits per heavy atom. The first-order valence-electron chi connectivity index (χ1n) is 6.01. The molecule has 4 heteroatoms. The number of hydrogen-bond donors (Lipinski definition) is 1. The maximum Gasteiger partial charge on any atom is 0.129 e. The second kappa shape index (κ2) is 5.80. The Morgan fingerprint density at radius 2 is 2.35 bits per heavy atom. The van der Waals surface area contributed by atoms with E-state index in [2.05, 4.69) is 17.3 Å². The van der Waals surface area contributed by atoms with Gasteiger partial charge in [-0.05, 0) is 38.6 Å². The number of likely N-dealkylation sites (N-methyl/N-ethyl adjacent to an activating group) is 1. The van der Waals surface area contributed by atoms with E-state index in [1.165, 1.54) is 12.5 Å². The normalized spacial score (nSPS) is 21.7. The van der Waals surface area contributed by atoms with Crippen LogP contribution in [0.2, 0.25) is 5.02 Å². The van der Waals surface area contributed by atoms with Crippen LogP contribution in [0.15, 0.2) is 18.2 Å². The van der Waals surface area contributed by atoms with Gasteiger partial charge in [-0.15, -0.1) is 0 Å². The van der Waals surface area contributed by atoms with E-state index in [0.717, 1.165) is 19.5 Å². The van der Waals surface area contributed by atoms with Crippen LogP contribution in [0.25, 0.3) is 0 Å². The summed E-state index contributed by atoms with van der Waals surface area (Å²) in [6.45, 7) is 2.68. The van der Waals surface area contributed by atoms with Crippen molar-refractivity contribution in [1.82, 2.24) is 10.2 Å². The van der Waals surface area contributed by atoms with Crippen molar-refractivity contribution in [2.75, 3.05) is 20.1 Å². The molecule has 0 radical (unpaired) electrons. The van der Waals surface area contributed by atoms with Gasteiger partial charge in [0.1, 0.15) is 5.82 Å². The van der Waals surface area contributed by atoms with Crippen LogP contribution in [0, 0.1) is 5.82 Å². The summed E-state index contributed by atoms with van der Waals surface area (Å²) in [6, 6.07) is 5.25. The zero-order valence-electron chi connectivity index (χ0n) is 10.0. The number of hydrogen-bond acceptors (Lipinski definition) is 2. The fourth-order valence-electron chi connectivity index (χ4n) is 2.28. The van der Waals surface area contributed by atoms with E-state index in [1.807, 2.05) is 0 Å². The van der Waals surface area contributed by atoms with Crippen molar-refractivity contribution in [3.8, 4) is 0 Å². The molecule has 17 heavy (non-hydrogen) atoms. The average molecular weight is 257 g/mol. The van der Waals surface area contributed by atoms with E-state index in [-0.39, 0.29) is 5.82 Å². The Balaban J connectivity index is 1.93. The number of likely N-dealkylation sites (tertiary alicyclic amines) is 1. The summed E-state index contributed by atoms with van der Waals surface area (Å²) in [7, 11) is 2.11. The molecule has 1 aromatic rings. The van der Waals surface area contributed by atoms with Crippen LogP contribution in [-0.4, -0.2) is 31.1 Å². The smallest absolute Gasteiger partial charge is 0.129 e. The first-order chi connectivity index (χ1) is 8.16. The Hall–Kier alpha value is -0.640. The number of piperidine rings is 1. The van der Waals surface area contributed by atoms with Crippen LogP contribution >= 0.6 is 11.6 Å². The van der Waals surface area contributed by atoms with E-state index in [4.69, 9.17) is 11.6 Å². The molecule has 0 bridgehead atoms. The number of benzene rings is 1.